The largest absolute Gasteiger partial charge is 0.351 e. The lowest BCUT2D eigenvalue weighted by Crippen LogP contribution is -2.24. The molecule has 1 N–H and O–H groups in total. The number of aromatic nitrogens is 2. The highest BCUT2D eigenvalue weighted by molar-refractivity contribution is 7.99. The molecule has 0 aliphatic rings. The van der Waals surface area contributed by atoms with Crippen molar-refractivity contribution in [1.82, 2.24) is 14.9 Å². The monoisotopic (exact) mass is 376 g/mol. The Kier molecular flexibility index (Phi) is 6.66. The lowest BCUT2D eigenvalue weighted by atomic mass is 10.1. The highest BCUT2D eigenvalue weighted by atomic mass is 32.2. The number of carbonyl (C=O) groups is 1. The molecule has 6 heteroatoms. The molecule has 0 spiro atoms. The average Bonchev–Trinajstić information content (AvgIpc) is 3.20. The Morgan fingerprint density at radius 3 is 2.70 bits per heavy atom. The van der Waals surface area contributed by atoms with Crippen LogP contribution in [0.3, 0.4) is 0 Å². The molecule has 3 rings (SSSR count). The van der Waals surface area contributed by atoms with Crippen molar-refractivity contribution in [3.63, 3.8) is 0 Å². The lowest BCUT2D eigenvalue weighted by Gasteiger charge is -2.08. The first-order valence-corrected chi connectivity index (χ1v) is 9.75. The second kappa shape index (κ2) is 9.60. The van der Waals surface area contributed by atoms with Gasteiger partial charge in [0.25, 0.3) is 0 Å². The summed E-state index contributed by atoms with van der Waals surface area (Å²) >= 11 is 1.56. The summed E-state index contributed by atoms with van der Waals surface area (Å²) in [6.07, 6.45) is 5.48. The number of nitrogens with one attached hydrogen (secondary N) is 1. The Morgan fingerprint density at radius 2 is 1.96 bits per heavy atom. The van der Waals surface area contributed by atoms with Gasteiger partial charge in [0.05, 0.1) is 23.7 Å². The Morgan fingerprint density at radius 1 is 1.15 bits per heavy atom. The van der Waals surface area contributed by atoms with Gasteiger partial charge in [-0.05, 0) is 28.8 Å². The Bertz CT molecular complexity index is 914. The summed E-state index contributed by atoms with van der Waals surface area (Å²) in [5.74, 6) is 1.18. The molecule has 0 unspecified atom stereocenters. The quantitative estimate of drug-likeness (QED) is 0.654. The van der Waals surface area contributed by atoms with E-state index >= 15 is 0 Å². The Balaban J connectivity index is 1.41. The van der Waals surface area contributed by atoms with Gasteiger partial charge in [0.1, 0.15) is 0 Å². The summed E-state index contributed by atoms with van der Waals surface area (Å²) < 4.78 is 2.01. The Hall–Kier alpha value is -3.04. The van der Waals surface area contributed by atoms with Gasteiger partial charge < -0.3 is 9.88 Å². The number of nitrogens with zero attached hydrogens (tertiary/aromatic N) is 3. The molecule has 27 heavy (non-hydrogen) atoms. The highest BCUT2D eigenvalue weighted by Crippen LogP contribution is 2.13. The van der Waals surface area contributed by atoms with Crippen LogP contribution in [0.25, 0.3) is 0 Å². The third-order valence-electron chi connectivity index (χ3n) is 3.99. The van der Waals surface area contributed by atoms with Gasteiger partial charge in [-0.15, -0.1) is 11.8 Å². The summed E-state index contributed by atoms with van der Waals surface area (Å²) in [5, 5.41) is 11.8. The number of carbonyl (C=O) groups excluding carboxylic acids is 1. The number of thioether (sulfide) groups is 1. The fourth-order valence-electron chi connectivity index (χ4n) is 2.62. The zero-order valence-electron chi connectivity index (χ0n) is 14.8. The number of amides is 1. The molecular weight excluding hydrogens is 356 g/mol. The van der Waals surface area contributed by atoms with Crippen LogP contribution in [0.4, 0.5) is 0 Å². The van der Waals surface area contributed by atoms with E-state index in [1.54, 1.807) is 36.4 Å². The van der Waals surface area contributed by atoms with Gasteiger partial charge in [0, 0.05) is 31.2 Å². The number of nitriles is 1. The molecule has 0 atom stereocenters. The number of benzene rings is 2. The topological polar surface area (TPSA) is 70.7 Å². The van der Waals surface area contributed by atoms with Crippen LogP contribution in [-0.2, 0) is 23.6 Å². The van der Waals surface area contributed by atoms with Gasteiger partial charge in [0.15, 0.2) is 0 Å². The van der Waals surface area contributed by atoms with Crippen LogP contribution in [0.2, 0.25) is 0 Å². The minimum absolute atomic E-state index is 0.0219. The van der Waals surface area contributed by atoms with Crippen LogP contribution < -0.4 is 5.32 Å². The summed E-state index contributed by atoms with van der Waals surface area (Å²) in [4.78, 5) is 16.1. The van der Waals surface area contributed by atoms with Crippen LogP contribution in [0.5, 0.6) is 0 Å². The number of rotatable bonds is 8. The van der Waals surface area contributed by atoms with Crippen LogP contribution in [-0.4, -0.2) is 21.2 Å². The highest BCUT2D eigenvalue weighted by Gasteiger charge is 2.04. The number of hydrogen-bond donors (Lipinski definition) is 1. The molecule has 0 saturated heterocycles. The zero-order valence-corrected chi connectivity index (χ0v) is 15.7. The van der Waals surface area contributed by atoms with E-state index in [4.69, 9.17) is 5.26 Å². The second-order valence-corrected chi connectivity index (χ2v) is 7.12. The third-order valence-corrected chi connectivity index (χ3v) is 4.99. The van der Waals surface area contributed by atoms with Crippen molar-refractivity contribution < 1.29 is 4.79 Å². The first-order valence-electron chi connectivity index (χ1n) is 8.60. The molecule has 0 saturated carbocycles. The normalized spacial score (nSPS) is 10.3. The maximum absolute atomic E-state index is 12.1. The minimum atomic E-state index is 0.0219. The summed E-state index contributed by atoms with van der Waals surface area (Å²) in [7, 11) is 0. The van der Waals surface area contributed by atoms with E-state index in [0.717, 1.165) is 23.4 Å². The van der Waals surface area contributed by atoms with Gasteiger partial charge in [-0.3, -0.25) is 4.79 Å². The third kappa shape index (κ3) is 6.01. The Labute approximate surface area is 163 Å². The van der Waals surface area contributed by atoms with Crippen LogP contribution in [0, 0.1) is 11.3 Å². The van der Waals surface area contributed by atoms with E-state index in [-0.39, 0.29) is 5.91 Å². The van der Waals surface area contributed by atoms with Crippen molar-refractivity contribution in [2.75, 3.05) is 5.75 Å². The minimum Gasteiger partial charge on any atom is -0.351 e. The van der Waals surface area contributed by atoms with E-state index in [2.05, 4.69) is 28.5 Å². The predicted octanol–water partition coefficient (Wildman–Crippen LogP) is 3.35. The van der Waals surface area contributed by atoms with E-state index < -0.39 is 0 Å². The molecule has 0 bridgehead atoms. The van der Waals surface area contributed by atoms with Gasteiger partial charge in [-0.1, -0.05) is 36.4 Å². The molecule has 1 amide bonds. The average molecular weight is 376 g/mol. The molecule has 0 aliphatic carbocycles. The van der Waals surface area contributed by atoms with Crippen molar-refractivity contribution in [3.05, 3.63) is 89.5 Å². The molecule has 0 radical (unpaired) electrons. The van der Waals surface area contributed by atoms with Crippen molar-refractivity contribution in [3.8, 4) is 6.07 Å². The van der Waals surface area contributed by atoms with Crippen molar-refractivity contribution in [2.45, 2.75) is 18.8 Å². The van der Waals surface area contributed by atoms with E-state index in [0.29, 0.717) is 17.9 Å². The standard InChI is InChI=1S/C21H20N4OS/c22-11-17-4-6-18(7-5-17)14-27-15-21(26)24-12-19-2-1-3-20(10-19)13-25-9-8-23-16-25/h1-10,16H,12-15H2,(H,24,26). The smallest absolute Gasteiger partial charge is 0.230 e. The lowest BCUT2D eigenvalue weighted by molar-refractivity contribution is -0.118. The van der Waals surface area contributed by atoms with Crippen molar-refractivity contribution in [2.24, 2.45) is 0 Å². The van der Waals surface area contributed by atoms with Crippen molar-refractivity contribution in [1.29, 1.82) is 5.26 Å². The summed E-state index contributed by atoms with van der Waals surface area (Å²) in [6, 6.07) is 17.7. The molecule has 5 nitrogen and oxygen atoms in total. The molecule has 0 aliphatic heterocycles. The van der Waals surface area contributed by atoms with Crippen molar-refractivity contribution >= 4 is 17.7 Å². The maximum atomic E-state index is 12.1. The molecule has 2 aromatic carbocycles. The second-order valence-electron chi connectivity index (χ2n) is 6.13. The van der Waals surface area contributed by atoms with Crippen LogP contribution in [0.1, 0.15) is 22.3 Å². The SMILES string of the molecule is N#Cc1ccc(CSCC(=O)NCc2cccc(Cn3ccnc3)c2)cc1. The van der Waals surface area contributed by atoms with Gasteiger partial charge in [-0.2, -0.15) is 5.26 Å². The first-order chi connectivity index (χ1) is 13.2. The van der Waals surface area contributed by atoms with E-state index in [1.807, 2.05) is 35.0 Å². The number of hydrogen-bond acceptors (Lipinski definition) is 4. The zero-order chi connectivity index (χ0) is 18.9. The predicted molar refractivity (Wildman–Crippen MR) is 107 cm³/mol. The van der Waals surface area contributed by atoms with E-state index in [1.165, 1.54) is 5.56 Å². The molecule has 1 aromatic heterocycles. The first kappa shape index (κ1) is 18.7. The fourth-order valence-corrected chi connectivity index (χ4v) is 3.44. The van der Waals surface area contributed by atoms with Gasteiger partial charge in [0.2, 0.25) is 5.91 Å². The molecule has 1 heterocycles. The van der Waals surface area contributed by atoms with Crippen LogP contribution >= 0.6 is 11.8 Å². The fraction of sp³-hybridized carbons (Fsp3) is 0.190. The number of imidazole rings is 1. The summed E-state index contributed by atoms with van der Waals surface area (Å²) in [5.41, 5.74) is 4.02. The maximum Gasteiger partial charge on any atom is 0.230 e. The molecule has 3 aromatic rings. The molecule has 0 fully saturated rings. The summed E-state index contributed by atoms with van der Waals surface area (Å²) in [6.45, 7) is 1.29. The molecule has 136 valence electrons. The molecular formula is C21H20N4OS. The van der Waals surface area contributed by atoms with Gasteiger partial charge >= 0.3 is 0 Å². The van der Waals surface area contributed by atoms with Crippen LogP contribution in [0.15, 0.2) is 67.3 Å². The van der Waals surface area contributed by atoms with Gasteiger partial charge in [-0.25, -0.2) is 4.98 Å². The van der Waals surface area contributed by atoms with E-state index in [9.17, 15) is 4.79 Å².